The Kier molecular flexibility index (Phi) is 3.26. The van der Waals surface area contributed by atoms with Crippen molar-refractivity contribution in [1.29, 1.82) is 0 Å². The third kappa shape index (κ3) is 2.68. The maximum atomic E-state index is 6.31. The van der Waals surface area contributed by atoms with Gasteiger partial charge in [-0.3, -0.25) is 0 Å². The number of benzene rings is 1. The molecule has 0 aliphatic heterocycles. The maximum absolute atomic E-state index is 6.31. The van der Waals surface area contributed by atoms with Gasteiger partial charge in [0.1, 0.15) is 6.33 Å². The summed E-state index contributed by atoms with van der Waals surface area (Å²) in [7, 11) is 0. The van der Waals surface area contributed by atoms with Crippen molar-refractivity contribution in [1.82, 2.24) is 15.3 Å². The first-order chi connectivity index (χ1) is 8.83. The van der Waals surface area contributed by atoms with Crippen LogP contribution in [0.25, 0.3) is 11.1 Å². The zero-order valence-corrected chi connectivity index (χ0v) is 10.7. The predicted molar refractivity (Wildman–Crippen MR) is 72.3 cm³/mol. The number of hydrogen-bond acceptors (Lipinski definition) is 3. The van der Waals surface area contributed by atoms with Gasteiger partial charge in [-0.2, -0.15) is 0 Å². The summed E-state index contributed by atoms with van der Waals surface area (Å²) < 4.78 is 0. The highest BCUT2D eigenvalue weighted by atomic mass is 35.5. The molecule has 92 valence electrons. The summed E-state index contributed by atoms with van der Waals surface area (Å²) in [5.74, 6) is 0. The molecule has 1 fully saturated rings. The summed E-state index contributed by atoms with van der Waals surface area (Å²) in [5, 5.41) is 4.23. The average molecular weight is 260 g/mol. The van der Waals surface area contributed by atoms with Gasteiger partial charge in [0, 0.05) is 41.1 Å². The molecule has 1 heterocycles. The van der Waals surface area contributed by atoms with Crippen molar-refractivity contribution in [3.63, 3.8) is 0 Å². The Labute approximate surface area is 111 Å². The highest BCUT2D eigenvalue weighted by Crippen LogP contribution is 2.28. The Morgan fingerprint density at radius 3 is 2.67 bits per heavy atom. The van der Waals surface area contributed by atoms with Gasteiger partial charge in [0.2, 0.25) is 0 Å². The minimum absolute atomic E-state index is 0.714. The molecule has 1 aromatic heterocycles. The molecule has 0 bridgehead atoms. The number of halogens is 1. The molecule has 0 atom stereocenters. The van der Waals surface area contributed by atoms with Crippen molar-refractivity contribution in [2.24, 2.45) is 0 Å². The van der Waals surface area contributed by atoms with Gasteiger partial charge in [0.05, 0.1) is 0 Å². The number of hydrogen-bond donors (Lipinski definition) is 1. The van der Waals surface area contributed by atoms with E-state index in [1.807, 2.05) is 12.1 Å². The monoisotopic (exact) mass is 259 g/mol. The van der Waals surface area contributed by atoms with Gasteiger partial charge in [-0.05, 0) is 24.5 Å². The van der Waals surface area contributed by atoms with E-state index in [9.17, 15) is 0 Å². The summed E-state index contributed by atoms with van der Waals surface area (Å²) in [6, 6.07) is 6.86. The van der Waals surface area contributed by atoms with Gasteiger partial charge >= 0.3 is 0 Å². The van der Waals surface area contributed by atoms with Crippen LogP contribution >= 0.6 is 11.6 Å². The molecule has 0 amide bonds. The fraction of sp³-hybridized carbons (Fsp3) is 0.286. The number of rotatable bonds is 4. The number of aromatic nitrogens is 2. The Morgan fingerprint density at radius 2 is 2.00 bits per heavy atom. The van der Waals surface area contributed by atoms with Crippen molar-refractivity contribution in [2.45, 2.75) is 25.4 Å². The lowest BCUT2D eigenvalue weighted by Crippen LogP contribution is -2.15. The molecule has 1 saturated carbocycles. The second-order valence-corrected chi connectivity index (χ2v) is 5.00. The third-order valence-corrected chi connectivity index (χ3v) is 3.39. The third-order valence-electron chi connectivity index (χ3n) is 3.08. The van der Waals surface area contributed by atoms with Crippen LogP contribution in [0.4, 0.5) is 0 Å². The molecular formula is C14H14ClN3. The number of nitrogens with one attached hydrogen (secondary N) is 1. The molecule has 3 rings (SSSR count). The van der Waals surface area contributed by atoms with Crippen LogP contribution in [0, 0.1) is 0 Å². The maximum Gasteiger partial charge on any atom is 0.115 e. The zero-order chi connectivity index (χ0) is 12.4. The fourth-order valence-corrected chi connectivity index (χ4v) is 2.20. The van der Waals surface area contributed by atoms with E-state index in [0.717, 1.165) is 22.7 Å². The van der Waals surface area contributed by atoms with Crippen LogP contribution in [0.1, 0.15) is 18.4 Å². The first-order valence-corrected chi connectivity index (χ1v) is 6.48. The molecule has 3 nitrogen and oxygen atoms in total. The standard InChI is InChI=1S/C14H14ClN3/c15-14-5-10(6-18-12-2-3-12)1-4-13(14)11-7-16-9-17-8-11/h1,4-5,7-9,12,18H,2-3,6H2. The van der Waals surface area contributed by atoms with E-state index >= 15 is 0 Å². The van der Waals surface area contributed by atoms with Crippen molar-refractivity contribution in [2.75, 3.05) is 0 Å². The Hall–Kier alpha value is -1.45. The quantitative estimate of drug-likeness (QED) is 0.917. The molecule has 1 aliphatic carbocycles. The van der Waals surface area contributed by atoms with Crippen LogP contribution in [-0.4, -0.2) is 16.0 Å². The summed E-state index contributed by atoms with van der Waals surface area (Å²) in [4.78, 5) is 8.02. The second-order valence-electron chi connectivity index (χ2n) is 4.60. The minimum atomic E-state index is 0.714. The first kappa shape index (κ1) is 11.6. The van der Waals surface area contributed by atoms with E-state index in [-0.39, 0.29) is 0 Å². The van der Waals surface area contributed by atoms with Crippen LogP contribution in [0.3, 0.4) is 0 Å². The largest absolute Gasteiger partial charge is 0.310 e. The van der Waals surface area contributed by atoms with E-state index in [4.69, 9.17) is 11.6 Å². The van der Waals surface area contributed by atoms with Crippen LogP contribution in [0.15, 0.2) is 36.9 Å². The molecular weight excluding hydrogens is 246 g/mol. The van der Waals surface area contributed by atoms with Gasteiger partial charge in [-0.25, -0.2) is 9.97 Å². The molecule has 1 N–H and O–H groups in total. The van der Waals surface area contributed by atoms with Crippen LogP contribution in [0.5, 0.6) is 0 Å². The van der Waals surface area contributed by atoms with E-state index < -0.39 is 0 Å². The highest BCUT2D eigenvalue weighted by molar-refractivity contribution is 6.33. The van der Waals surface area contributed by atoms with E-state index in [1.54, 1.807) is 12.4 Å². The van der Waals surface area contributed by atoms with Crippen molar-refractivity contribution in [3.8, 4) is 11.1 Å². The van der Waals surface area contributed by atoms with E-state index in [2.05, 4.69) is 21.4 Å². The predicted octanol–water partition coefficient (Wildman–Crippen LogP) is 3.05. The summed E-state index contributed by atoms with van der Waals surface area (Å²) in [5.41, 5.74) is 3.14. The molecule has 18 heavy (non-hydrogen) atoms. The lowest BCUT2D eigenvalue weighted by Gasteiger charge is -2.07. The van der Waals surface area contributed by atoms with E-state index in [1.165, 1.54) is 24.7 Å². The van der Waals surface area contributed by atoms with E-state index in [0.29, 0.717) is 6.04 Å². The zero-order valence-electron chi connectivity index (χ0n) is 9.94. The molecule has 0 radical (unpaired) electrons. The Morgan fingerprint density at radius 1 is 1.22 bits per heavy atom. The molecule has 1 aromatic carbocycles. The average Bonchev–Trinajstić information content (AvgIpc) is 3.21. The molecule has 0 spiro atoms. The summed E-state index contributed by atoms with van der Waals surface area (Å²) >= 11 is 6.31. The number of nitrogens with zero attached hydrogens (tertiary/aromatic N) is 2. The molecule has 0 unspecified atom stereocenters. The van der Waals surface area contributed by atoms with Gasteiger partial charge in [0.25, 0.3) is 0 Å². The van der Waals surface area contributed by atoms with Crippen molar-refractivity contribution in [3.05, 3.63) is 47.5 Å². The Balaban J connectivity index is 1.80. The van der Waals surface area contributed by atoms with Crippen LogP contribution in [0.2, 0.25) is 5.02 Å². The van der Waals surface area contributed by atoms with Crippen LogP contribution in [-0.2, 0) is 6.54 Å². The smallest absolute Gasteiger partial charge is 0.115 e. The SMILES string of the molecule is Clc1cc(CNC2CC2)ccc1-c1cncnc1. The van der Waals surface area contributed by atoms with Crippen molar-refractivity contribution < 1.29 is 0 Å². The van der Waals surface area contributed by atoms with Gasteiger partial charge < -0.3 is 5.32 Å². The second kappa shape index (κ2) is 5.04. The topological polar surface area (TPSA) is 37.8 Å². The van der Waals surface area contributed by atoms with Crippen LogP contribution < -0.4 is 5.32 Å². The first-order valence-electron chi connectivity index (χ1n) is 6.10. The molecule has 4 heteroatoms. The lowest BCUT2D eigenvalue weighted by atomic mass is 10.1. The molecule has 0 saturated heterocycles. The Bertz CT molecular complexity index is 538. The molecule has 1 aliphatic rings. The van der Waals surface area contributed by atoms with Gasteiger partial charge in [-0.1, -0.05) is 23.7 Å². The lowest BCUT2D eigenvalue weighted by molar-refractivity contribution is 0.688. The van der Waals surface area contributed by atoms with Gasteiger partial charge in [-0.15, -0.1) is 0 Å². The van der Waals surface area contributed by atoms with Crippen molar-refractivity contribution >= 4 is 11.6 Å². The normalized spacial score (nSPS) is 14.7. The minimum Gasteiger partial charge on any atom is -0.310 e. The molecule has 2 aromatic rings. The fourth-order valence-electron chi connectivity index (χ4n) is 1.89. The summed E-state index contributed by atoms with van der Waals surface area (Å²) in [6.07, 6.45) is 7.67. The summed E-state index contributed by atoms with van der Waals surface area (Å²) in [6.45, 7) is 0.885. The highest BCUT2D eigenvalue weighted by Gasteiger charge is 2.20. The van der Waals surface area contributed by atoms with Gasteiger partial charge in [0.15, 0.2) is 0 Å².